The van der Waals surface area contributed by atoms with Crippen LogP contribution in [0.1, 0.15) is 31.2 Å². The fourth-order valence-corrected chi connectivity index (χ4v) is 3.65. The summed E-state index contributed by atoms with van der Waals surface area (Å²) in [5.74, 6) is 0. The molecule has 0 radical (unpaired) electrons. The van der Waals surface area contributed by atoms with E-state index in [1.165, 1.54) is 31.4 Å². The van der Waals surface area contributed by atoms with Gasteiger partial charge in [-0.15, -0.1) is 0 Å². The van der Waals surface area contributed by atoms with E-state index in [4.69, 9.17) is 11.6 Å². The Kier molecular flexibility index (Phi) is 3.25. The molecule has 0 atom stereocenters. The summed E-state index contributed by atoms with van der Waals surface area (Å²) in [5, 5.41) is 4.46. The lowest BCUT2D eigenvalue weighted by atomic mass is 9.92. The molecular formula is C15H21ClN2. The molecule has 3 rings (SSSR count). The summed E-state index contributed by atoms with van der Waals surface area (Å²) >= 11 is 6.29. The zero-order valence-corrected chi connectivity index (χ0v) is 11.8. The third-order valence-electron chi connectivity index (χ3n) is 4.54. The predicted octanol–water partition coefficient (Wildman–Crippen LogP) is 3.37. The fraction of sp³-hybridized carbons (Fsp3) is 0.600. The maximum Gasteiger partial charge on any atom is 0.0527 e. The highest BCUT2D eigenvalue weighted by Crippen LogP contribution is 2.39. The van der Waals surface area contributed by atoms with Gasteiger partial charge in [0, 0.05) is 30.3 Å². The highest BCUT2D eigenvalue weighted by Gasteiger charge is 2.41. The van der Waals surface area contributed by atoms with Crippen LogP contribution in [-0.2, 0) is 0 Å². The van der Waals surface area contributed by atoms with E-state index in [0.29, 0.717) is 5.54 Å². The highest BCUT2D eigenvalue weighted by molar-refractivity contribution is 6.31. The zero-order valence-electron chi connectivity index (χ0n) is 11.0. The van der Waals surface area contributed by atoms with E-state index >= 15 is 0 Å². The summed E-state index contributed by atoms with van der Waals surface area (Å²) in [4.78, 5) is 2.60. The van der Waals surface area contributed by atoms with Crippen molar-refractivity contribution in [2.75, 3.05) is 24.5 Å². The number of nitrogens with one attached hydrogen (secondary N) is 1. The van der Waals surface area contributed by atoms with Gasteiger partial charge < -0.3 is 10.2 Å². The summed E-state index contributed by atoms with van der Waals surface area (Å²) in [6, 6.07) is 6.51. The van der Waals surface area contributed by atoms with Crippen LogP contribution in [0.15, 0.2) is 18.2 Å². The number of halogens is 1. The van der Waals surface area contributed by atoms with Gasteiger partial charge in [0.1, 0.15) is 0 Å². The van der Waals surface area contributed by atoms with Crippen LogP contribution in [0.5, 0.6) is 0 Å². The van der Waals surface area contributed by atoms with E-state index in [2.05, 4.69) is 35.3 Å². The van der Waals surface area contributed by atoms with E-state index in [1.54, 1.807) is 0 Å². The molecule has 1 aliphatic carbocycles. The molecule has 0 bridgehead atoms. The molecule has 1 aromatic rings. The van der Waals surface area contributed by atoms with Gasteiger partial charge in [-0.3, -0.25) is 0 Å². The number of rotatable bonds is 1. The minimum absolute atomic E-state index is 0.344. The number of anilines is 1. The number of hydrogen-bond donors (Lipinski definition) is 1. The van der Waals surface area contributed by atoms with Crippen molar-refractivity contribution in [2.24, 2.45) is 0 Å². The molecule has 98 valence electrons. The molecule has 2 fully saturated rings. The Morgan fingerprint density at radius 3 is 2.78 bits per heavy atom. The first-order chi connectivity index (χ1) is 8.71. The van der Waals surface area contributed by atoms with Crippen LogP contribution in [0, 0.1) is 6.92 Å². The Morgan fingerprint density at radius 1 is 1.28 bits per heavy atom. The third-order valence-corrected chi connectivity index (χ3v) is 4.95. The Morgan fingerprint density at radius 2 is 2.06 bits per heavy atom. The minimum atomic E-state index is 0.344. The topological polar surface area (TPSA) is 15.3 Å². The maximum atomic E-state index is 6.29. The van der Waals surface area contributed by atoms with Crippen LogP contribution in [-0.4, -0.2) is 25.2 Å². The molecule has 2 nitrogen and oxygen atoms in total. The van der Waals surface area contributed by atoms with Crippen molar-refractivity contribution in [1.82, 2.24) is 5.32 Å². The number of aryl methyl sites for hydroxylation is 1. The molecule has 1 aromatic carbocycles. The van der Waals surface area contributed by atoms with Crippen LogP contribution >= 0.6 is 11.6 Å². The molecule has 2 aliphatic rings. The second-order valence-electron chi connectivity index (χ2n) is 5.69. The summed E-state index contributed by atoms with van der Waals surface area (Å²) in [7, 11) is 0. The molecule has 1 N–H and O–H groups in total. The molecular weight excluding hydrogens is 244 g/mol. The van der Waals surface area contributed by atoms with Crippen molar-refractivity contribution in [1.29, 1.82) is 0 Å². The smallest absolute Gasteiger partial charge is 0.0527 e. The first-order valence-electron chi connectivity index (χ1n) is 6.96. The van der Waals surface area contributed by atoms with Crippen LogP contribution in [0.2, 0.25) is 5.02 Å². The minimum Gasteiger partial charge on any atom is -0.363 e. The maximum absolute atomic E-state index is 6.29. The monoisotopic (exact) mass is 264 g/mol. The fourth-order valence-electron chi connectivity index (χ4n) is 3.48. The van der Waals surface area contributed by atoms with Gasteiger partial charge in [-0.05, 0) is 37.5 Å². The molecule has 0 amide bonds. The number of benzene rings is 1. The molecule has 1 saturated carbocycles. The highest BCUT2D eigenvalue weighted by atomic mass is 35.5. The van der Waals surface area contributed by atoms with E-state index < -0.39 is 0 Å². The van der Waals surface area contributed by atoms with Gasteiger partial charge in [0.05, 0.1) is 5.54 Å². The van der Waals surface area contributed by atoms with Gasteiger partial charge in [-0.1, -0.05) is 30.5 Å². The summed E-state index contributed by atoms with van der Waals surface area (Å²) in [6.45, 7) is 5.36. The molecule has 3 heteroatoms. The second-order valence-corrected chi connectivity index (χ2v) is 6.10. The summed E-state index contributed by atoms with van der Waals surface area (Å²) < 4.78 is 0. The molecule has 0 aromatic heterocycles. The van der Waals surface area contributed by atoms with Gasteiger partial charge >= 0.3 is 0 Å². The van der Waals surface area contributed by atoms with Crippen molar-refractivity contribution in [3.05, 3.63) is 28.8 Å². The molecule has 0 unspecified atom stereocenters. The van der Waals surface area contributed by atoms with E-state index in [9.17, 15) is 0 Å². The van der Waals surface area contributed by atoms with Gasteiger partial charge in [-0.25, -0.2) is 0 Å². The number of piperazine rings is 1. The summed E-state index contributed by atoms with van der Waals surface area (Å²) in [5.41, 5.74) is 2.81. The van der Waals surface area contributed by atoms with Gasteiger partial charge in [0.2, 0.25) is 0 Å². The van der Waals surface area contributed by atoms with E-state index in [-0.39, 0.29) is 0 Å². The van der Waals surface area contributed by atoms with Crippen molar-refractivity contribution in [3.8, 4) is 0 Å². The molecule has 1 aliphatic heterocycles. The average Bonchev–Trinajstić information content (AvgIpc) is 2.83. The number of nitrogens with zero attached hydrogens (tertiary/aromatic N) is 1. The average molecular weight is 265 g/mol. The first-order valence-corrected chi connectivity index (χ1v) is 7.34. The second kappa shape index (κ2) is 4.75. The Hall–Kier alpha value is -0.730. The Bertz CT molecular complexity index is 438. The largest absolute Gasteiger partial charge is 0.363 e. The van der Waals surface area contributed by atoms with Gasteiger partial charge in [0.15, 0.2) is 0 Å². The molecule has 18 heavy (non-hydrogen) atoms. The normalized spacial score (nSPS) is 22.7. The van der Waals surface area contributed by atoms with Crippen LogP contribution < -0.4 is 10.2 Å². The SMILES string of the molecule is Cc1ccc(N2CCNCC23CCCC3)cc1Cl. The molecule has 1 spiro atoms. The van der Waals surface area contributed by atoms with E-state index in [1.807, 2.05) is 0 Å². The lowest BCUT2D eigenvalue weighted by Crippen LogP contribution is -2.60. The Labute approximate surface area is 114 Å². The Balaban J connectivity index is 1.94. The quantitative estimate of drug-likeness (QED) is 0.837. The predicted molar refractivity (Wildman–Crippen MR) is 77.6 cm³/mol. The van der Waals surface area contributed by atoms with Crippen molar-refractivity contribution in [2.45, 2.75) is 38.1 Å². The van der Waals surface area contributed by atoms with Crippen molar-refractivity contribution >= 4 is 17.3 Å². The van der Waals surface area contributed by atoms with Crippen LogP contribution in [0.4, 0.5) is 5.69 Å². The standard InChI is InChI=1S/C15H21ClN2/c1-12-4-5-13(10-14(12)16)18-9-8-17-11-15(18)6-2-3-7-15/h4-5,10,17H,2-3,6-9,11H2,1H3. The van der Waals surface area contributed by atoms with Crippen LogP contribution in [0.3, 0.4) is 0 Å². The van der Waals surface area contributed by atoms with Crippen molar-refractivity contribution in [3.63, 3.8) is 0 Å². The number of hydrogen-bond acceptors (Lipinski definition) is 2. The summed E-state index contributed by atoms with van der Waals surface area (Å²) in [6.07, 6.45) is 5.34. The van der Waals surface area contributed by atoms with Crippen LogP contribution in [0.25, 0.3) is 0 Å². The molecule has 1 saturated heterocycles. The van der Waals surface area contributed by atoms with Gasteiger partial charge in [-0.2, -0.15) is 0 Å². The first kappa shape index (κ1) is 12.3. The lowest BCUT2D eigenvalue weighted by Gasteiger charge is -2.47. The van der Waals surface area contributed by atoms with Gasteiger partial charge in [0.25, 0.3) is 0 Å². The van der Waals surface area contributed by atoms with E-state index in [0.717, 1.165) is 30.2 Å². The third kappa shape index (κ3) is 2.02. The lowest BCUT2D eigenvalue weighted by molar-refractivity contribution is 0.332. The zero-order chi connectivity index (χ0) is 12.6. The van der Waals surface area contributed by atoms with Crippen molar-refractivity contribution < 1.29 is 0 Å². The molecule has 1 heterocycles.